The Labute approximate surface area is 102 Å². The Bertz CT molecular complexity index is 244. The van der Waals surface area contributed by atoms with E-state index in [2.05, 4.69) is 10.1 Å². The van der Waals surface area contributed by atoms with Crippen LogP contribution in [-0.2, 0) is 9.53 Å². The molecule has 0 spiro atoms. The zero-order valence-electron chi connectivity index (χ0n) is 10.6. The van der Waals surface area contributed by atoms with Crippen LogP contribution in [0.3, 0.4) is 0 Å². The molecule has 6 heteroatoms. The SMILES string of the molecule is COC(O)N[C@H](CO)CC/C=C/C(=O)N(C)C. The monoisotopic (exact) mass is 246 g/mol. The number of nitrogens with one attached hydrogen (secondary N) is 1. The van der Waals surface area contributed by atoms with E-state index >= 15 is 0 Å². The molecular weight excluding hydrogens is 224 g/mol. The zero-order chi connectivity index (χ0) is 13.3. The molecule has 0 radical (unpaired) electrons. The smallest absolute Gasteiger partial charge is 0.245 e. The van der Waals surface area contributed by atoms with Crippen molar-refractivity contribution in [3.8, 4) is 0 Å². The van der Waals surface area contributed by atoms with Crippen molar-refractivity contribution in [1.29, 1.82) is 0 Å². The molecule has 1 unspecified atom stereocenters. The number of aliphatic hydroxyl groups excluding tert-OH is 2. The lowest BCUT2D eigenvalue weighted by Gasteiger charge is -2.18. The van der Waals surface area contributed by atoms with Crippen LogP contribution in [0.15, 0.2) is 12.2 Å². The van der Waals surface area contributed by atoms with Crippen LogP contribution >= 0.6 is 0 Å². The average molecular weight is 246 g/mol. The highest BCUT2D eigenvalue weighted by Crippen LogP contribution is 1.99. The molecule has 0 rings (SSSR count). The highest BCUT2D eigenvalue weighted by molar-refractivity contribution is 5.87. The molecule has 0 aliphatic carbocycles. The number of carbonyl (C=O) groups is 1. The maximum atomic E-state index is 11.2. The first-order valence-corrected chi connectivity index (χ1v) is 5.46. The van der Waals surface area contributed by atoms with Crippen molar-refractivity contribution >= 4 is 5.91 Å². The first-order chi connectivity index (χ1) is 8.01. The molecule has 17 heavy (non-hydrogen) atoms. The molecular formula is C11H22N2O4. The third-order valence-corrected chi connectivity index (χ3v) is 2.20. The van der Waals surface area contributed by atoms with Crippen LogP contribution in [0.2, 0.25) is 0 Å². The quantitative estimate of drug-likeness (QED) is 0.389. The molecule has 2 atom stereocenters. The van der Waals surface area contributed by atoms with Gasteiger partial charge in [-0.2, -0.15) is 0 Å². The summed E-state index contributed by atoms with van der Waals surface area (Å²) in [7, 11) is 4.72. The highest BCUT2D eigenvalue weighted by atomic mass is 16.6. The Morgan fingerprint density at radius 1 is 1.53 bits per heavy atom. The van der Waals surface area contributed by atoms with Gasteiger partial charge in [-0.1, -0.05) is 6.08 Å². The summed E-state index contributed by atoms with van der Waals surface area (Å²) in [6.07, 6.45) is 3.38. The van der Waals surface area contributed by atoms with E-state index < -0.39 is 6.41 Å². The number of hydrogen-bond acceptors (Lipinski definition) is 5. The summed E-state index contributed by atoms with van der Waals surface area (Å²) >= 11 is 0. The van der Waals surface area contributed by atoms with Crippen LogP contribution in [0.5, 0.6) is 0 Å². The predicted molar refractivity (Wildman–Crippen MR) is 64.1 cm³/mol. The summed E-state index contributed by atoms with van der Waals surface area (Å²) in [4.78, 5) is 12.7. The van der Waals surface area contributed by atoms with Gasteiger partial charge >= 0.3 is 0 Å². The number of hydrogen-bond donors (Lipinski definition) is 3. The van der Waals surface area contributed by atoms with Gasteiger partial charge in [-0.15, -0.1) is 0 Å². The molecule has 0 bridgehead atoms. The van der Waals surface area contributed by atoms with Gasteiger partial charge in [-0.05, 0) is 18.9 Å². The molecule has 0 aromatic carbocycles. The number of rotatable bonds is 8. The van der Waals surface area contributed by atoms with Crippen molar-refractivity contribution < 1.29 is 19.7 Å². The Balaban J connectivity index is 3.87. The van der Waals surface area contributed by atoms with Crippen molar-refractivity contribution in [2.75, 3.05) is 27.8 Å². The number of aliphatic hydroxyl groups is 2. The van der Waals surface area contributed by atoms with Crippen molar-refractivity contribution in [3.63, 3.8) is 0 Å². The summed E-state index contributed by atoms with van der Waals surface area (Å²) in [6.45, 7) is -0.101. The molecule has 3 N–H and O–H groups in total. The Morgan fingerprint density at radius 3 is 2.65 bits per heavy atom. The zero-order valence-corrected chi connectivity index (χ0v) is 10.6. The third kappa shape index (κ3) is 7.87. The molecule has 100 valence electrons. The van der Waals surface area contributed by atoms with Gasteiger partial charge in [-0.25, -0.2) is 0 Å². The minimum absolute atomic E-state index is 0.0737. The van der Waals surface area contributed by atoms with E-state index in [1.165, 1.54) is 18.1 Å². The lowest BCUT2D eigenvalue weighted by molar-refractivity contribution is -0.123. The van der Waals surface area contributed by atoms with Crippen molar-refractivity contribution in [2.45, 2.75) is 25.3 Å². The number of allylic oxidation sites excluding steroid dienone is 1. The molecule has 0 saturated heterocycles. The summed E-state index contributed by atoms with van der Waals surface area (Å²) in [6, 6.07) is -0.260. The number of nitrogens with zero attached hydrogens (tertiary/aromatic N) is 1. The molecule has 6 nitrogen and oxygen atoms in total. The fourth-order valence-corrected chi connectivity index (χ4v) is 1.13. The molecule has 0 saturated carbocycles. The van der Waals surface area contributed by atoms with Gasteiger partial charge in [0.1, 0.15) is 0 Å². The van der Waals surface area contributed by atoms with E-state index in [4.69, 9.17) is 10.2 Å². The second kappa shape index (κ2) is 9.12. The number of likely N-dealkylation sites (N-methyl/N-ethyl adjacent to an activating group) is 1. The van der Waals surface area contributed by atoms with E-state index in [9.17, 15) is 4.79 Å². The summed E-state index contributed by atoms with van der Waals surface area (Å²) in [5.41, 5.74) is 0. The van der Waals surface area contributed by atoms with Gasteiger partial charge in [0, 0.05) is 27.2 Å². The maximum Gasteiger partial charge on any atom is 0.245 e. The fraction of sp³-hybridized carbons (Fsp3) is 0.727. The average Bonchev–Trinajstić information content (AvgIpc) is 2.31. The van der Waals surface area contributed by atoms with Crippen LogP contribution in [0.25, 0.3) is 0 Å². The van der Waals surface area contributed by atoms with Crippen LogP contribution in [0.1, 0.15) is 12.8 Å². The molecule has 0 aromatic heterocycles. The minimum atomic E-state index is -1.08. The second-order valence-corrected chi connectivity index (χ2v) is 3.85. The molecule has 0 aromatic rings. The number of amides is 1. The van der Waals surface area contributed by atoms with Crippen molar-refractivity contribution in [2.24, 2.45) is 0 Å². The van der Waals surface area contributed by atoms with E-state index in [1.807, 2.05) is 0 Å². The van der Waals surface area contributed by atoms with Gasteiger partial charge in [0.15, 0.2) is 0 Å². The number of carbonyl (C=O) groups excluding carboxylic acids is 1. The maximum absolute atomic E-state index is 11.2. The van der Waals surface area contributed by atoms with E-state index in [1.54, 1.807) is 20.2 Å². The lowest BCUT2D eigenvalue weighted by atomic mass is 10.1. The molecule has 0 heterocycles. The van der Waals surface area contributed by atoms with Crippen LogP contribution in [0, 0.1) is 0 Å². The summed E-state index contributed by atoms with van der Waals surface area (Å²) in [5, 5.41) is 20.9. The summed E-state index contributed by atoms with van der Waals surface area (Å²) in [5.74, 6) is -0.0737. The lowest BCUT2D eigenvalue weighted by Crippen LogP contribution is -2.41. The van der Waals surface area contributed by atoms with Crippen molar-refractivity contribution in [1.82, 2.24) is 10.2 Å². The number of ether oxygens (including phenoxy) is 1. The van der Waals surface area contributed by atoms with Crippen LogP contribution in [-0.4, -0.2) is 61.3 Å². The fourth-order valence-electron chi connectivity index (χ4n) is 1.13. The van der Waals surface area contributed by atoms with E-state index in [-0.39, 0.29) is 18.6 Å². The molecule has 1 amide bonds. The summed E-state index contributed by atoms with van der Waals surface area (Å²) < 4.78 is 4.61. The van der Waals surface area contributed by atoms with Crippen molar-refractivity contribution in [3.05, 3.63) is 12.2 Å². The predicted octanol–water partition coefficient (Wildman–Crippen LogP) is -0.716. The Morgan fingerprint density at radius 2 is 2.18 bits per heavy atom. The number of methoxy groups -OCH3 is 1. The van der Waals surface area contributed by atoms with Crippen LogP contribution in [0.4, 0.5) is 0 Å². The Hall–Kier alpha value is -0.950. The topological polar surface area (TPSA) is 82.0 Å². The van der Waals surface area contributed by atoms with Gasteiger partial charge < -0.3 is 19.8 Å². The molecule has 0 fully saturated rings. The standard InChI is InChI=1S/C11H22N2O4/c1-13(2)10(15)7-5-4-6-9(8-14)12-11(16)17-3/h5,7,9,11-12,14,16H,4,6,8H2,1-3H3/b7-5+/t9-,11?/m0/s1. The molecule has 0 aliphatic rings. The largest absolute Gasteiger partial charge is 0.395 e. The van der Waals surface area contributed by atoms with E-state index in [0.29, 0.717) is 12.8 Å². The van der Waals surface area contributed by atoms with Gasteiger partial charge in [0.05, 0.1) is 6.61 Å². The van der Waals surface area contributed by atoms with Crippen LogP contribution < -0.4 is 5.32 Å². The highest BCUT2D eigenvalue weighted by Gasteiger charge is 2.10. The normalized spacial score (nSPS) is 14.9. The van der Waals surface area contributed by atoms with Gasteiger partial charge in [0.25, 0.3) is 0 Å². The minimum Gasteiger partial charge on any atom is -0.395 e. The first kappa shape index (κ1) is 16.1. The second-order valence-electron chi connectivity index (χ2n) is 3.85. The van der Waals surface area contributed by atoms with E-state index in [0.717, 1.165) is 0 Å². The Kier molecular flexibility index (Phi) is 8.61. The van der Waals surface area contributed by atoms with Gasteiger partial charge in [0.2, 0.25) is 12.3 Å². The molecule has 0 aliphatic heterocycles. The first-order valence-electron chi connectivity index (χ1n) is 5.46. The van der Waals surface area contributed by atoms with Gasteiger partial charge in [-0.3, -0.25) is 10.1 Å². The third-order valence-electron chi connectivity index (χ3n) is 2.20.